The number of nitrogens with zero attached hydrogens (tertiary/aromatic N) is 1. The fraction of sp³-hybridized carbons (Fsp3) is 0.533. The molecule has 0 radical (unpaired) electrons. The van der Waals surface area contributed by atoms with Crippen molar-refractivity contribution in [3.8, 4) is 0 Å². The molecule has 1 aromatic rings. The van der Waals surface area contributed by atoms with Gasteiger partial charge in [0.05, 0.1) is 6.61 Å². The molecule has 2 rings (SSSR count). The van der Waals surface area contributed by atoms with Gasteiger partial charge in [-0.1, -0.05) is 19.3 Å². The van der Waals surface area contributed by atoms with Crippen LogP contribution in [0.5, 0.6) is 0 Å². The average Bonchev–Trinajstić information content (AvgIpc) is 2.48. The lowest BCUT2D eigenvalue weighted by Crippen LogP contribution is -2.43. The predicted molar refractivity (Wildman–Crippen MR) is 78.6 cm³/mol. The molecule has 0 bridgehead atoms. The van der Waals surface area contributed by atoms with Crippen LogP contribution < -0.4 is 0 Å². The highest BCUT2D eigenvalue weighted by Crippen LogP contribution is 2.24. The number of aliphatic hydroxyl groups is 1. The summed E-state index contributed by atoms with van der Waals surface area (Å²) in [7, 11) is 0. The number of hydrogen-bond acceptors (Lipinski definition) is 3. The molecular formula is C15H20FNO2S. The van der Waals surface area contributed by atoms with Gasteiger partial charge < -0.3 is 10.0 Å². The SMILES string of the molecule is O=C(c1ccc(F)c(S)c1)N(CCO)C1CCCCC1. The second-order valence-electron chi connectivity index (χ2n) is 5.18. The van der Waals surface area contributed by atoms with Crippen LogP contribution in [0.1, 0.15) is 42.5 Å². The van der Waals surface area contributed by atoms with Crippen LogP contribution in [0.3, 0.4) is 0 Å². The first-order chi connectivity index (χ1) is 9.63. The lowest BCUT2D eigenvalue weighted by atomic mass is 9.93. The van der Waals surface area contributed by atoms with Gasteiger partial charge in [-0.15, -0.1) is 12.6 Å². The molecule has 0 spiro atoms. The summed E-state index contributed by atoms with van der Waals surface area (Å²) < 4.78 is 13.2. The van der Waals surface area contributed by atoms with E-state index in [1.807, 2.05) is 0 Å². The number of benzene rings is 1. The van der Waals surface area contributed by atoms with Crippen molar-refractivity contribution in [2.24, 2.45) is 0 Å². The summed E-state index contributed by atoms with van der Waals surface area (Å²) in [5.41, 5.74) is 0.426. The van der Waals surface area contributed by atoms with Crippen molar-refractivity contribution in [2.75, 3.05) is 13.2 Å². The van der Waals surface area contributed by atoms with Crippen molar-refractivity contribution in [2.45, 2.75) is 43.0 Å². The third-order valence-electron chi connectivity index (χ3n) is 3.81. The highest BCUT2D eigenvalue weighted by Gasteiger charge is 2.26. The molecule has 3 nitrogen and oxygen atoms in total. The Bertz CT molecular complexity index is 475. The fourth-order valence-electron chi connectivity index (χ4n) is 2.76. The van der Waals surface area contributed by atoms with Gasteiger partial charge in [-0.25, -0.2) is 4.39 Å². The van der Waals surface area contributed by atoms with Gasteiger partial charge >= 0.3 is 0 Å². The van der Waals surface area contributed by atoms with Crippen LogP contribution in [0.2, 0.25) is 0 Å². The minimum absolute atomic E-state index is 0.0584. The van der Waals surface area contributed by atoms with E-state index < -0.39 is 5.82 Å². The Morgan fingerprint density at radius 1 is 1.35 bits per heavy atom. The fourth-order valence-corrected chi connectivity index (χ4v) is 2.98. The van der Waals surface area contributed by atoms with Gasteiger partial charge in [-0.05, 0) is 31.0 Å². The Balaban J connectivity index is 2.18. The first-order valence-corrected chi connectivity index (χ1v) is 7.48. The van der Waals surface area contributed by atoms with Gasteiger partial charge in [0.15, 0.2) is 0 Å². The van der Waals surface area contributed by atoms with E-state index in [0.29, 0.717) is 12.1 Å². The molecular weight excluding hydrogens is 277 g/mol. The number of amides is 1. The first kappa shape index (κ1) is 15.3. The first-order valence-electron chi connectivity index (χ1n) is 7.04. The van der Waals surface area contributed by atoms with E-state index >= 15 is 0 Å². The lowest BCUT2D eigenvalue weighted by Gasteiger charge is -2.34. The second kappa shape index (κ2) is 7.09. The molecule has 5 heteroatoms. The zero-order valence-electron chi connectivity index (χ0n) is 11.4. The molecule has 110 valence electrons. The number of aliphatic hydroxyl groups excluding tert-OH is 1. The lowest BCUT2D eigenvalue weighted by molar-refractivity contribution is 0.0585. The zero-order valence-corrected chi connectivity index (χ0v) is 12.3. The highest BCUT2D eigenvalue weighted by molar-refractivity contribution is 7.80. The maximum Gasteiger partial charge on any atom is 0.254 e. The van der Waals surface area contributed by atoms with Crippen LogP contribution in [0.25, 0.3) is 0 Å². The summed E-state index contributed by atoms with van der Waals surface area (Å²) in [6, 6.07) is 4.36. The highest BCUT2D eigenvalue weighted by atomic mass is 32.1. The van der Waals surface area contributed by atoms with Gasteiger partial charge in [-0.3, -0.25) is 4.79 Å². The number of halogens is 1. The summed E-state index contributed by atoms with van der Waals surface area (Å²) in [5.74, 6) is -0.586. The Morgan fingerprint density at radius 2 is 2.05 bits per heavy atom. The minimum Gasteiger partial charge on any atom is -0.395 e. The standard InChI is InChI=1S/C15H20FNO2S/c16-13-7-6-11(10-14(13)20)15(19)17(8-9-18)12-4-2-1-3-5-12/h6-7,10,12,18,20H,1-5,8-9H2. The molecule has 0 atom stereocenters. The van der Waals surface area contributed by atoms with E-state index in [2.05, 4.69) is 12.6 Å². The molecule has 0 unspecified atom stereocenters. The Hall–Kier alpha value is -1.07. The summed E-state index contributed by atoms with van der Waals surface area (Å²) in [4.78, 5) is 14.4. The van der Waals surface area contributed by atoms with Gasteiger partial charge in [0.1, 0.15) is 5.82 Å². The monoisotopic (exact) mass is 297 g/mol. The molecule has 1 aliphatic rings. The van der Waals surface area contributed by atoms with Crippen molar-refractivity contribution in [3.05, 3.63) is 29.6 Å². The summed E-state index contributed by atoms with van der Waals surface area (Å²) in [6.07, 6.45) is 5.37. The summed E-state index contributed by atoms with van der Waals surface area (Å²) in [5, 5.41) is 9.19. The van der Waals surface area contributed by atoms with Crippen LogP contribution in [0, 0.1) is 5.82 Å². The van der Waals surface area contributed by atoms with E-state index in [0.717, 1.165) is 25.7 Å². The third-order valence-corrected chi connectivity index (χ3v) is 4.15. The van der Waals surface area contributed by atoms with Crippen LogP contribution in [-0.4, -0.2) is 35.1 Å². The molecule has 0 aromatic heterocycles. The van der Waals surface area contributed by atoms with Crippen LogP contribution in [0.4, 0.5) is 4.39 Å². The minimum atomic E-state index is -0.434. The topological polar surface area (TPSA) is 40.5 Å². The van der Waals surface area contributed by atoms with E-state index in [9.17, 15) is 14.3 Å². The third kappa shape index (κ3) is 3.52. The molecule has 0 heterocycles. The van der Waals surface area contributed by atoms with Gasteiger partial charge in [-0.2, -0.15) is 0 Å². The average molecular weight is 297 g/mol. The quantitative estimate of drug-likeness (QED) is 0.839. The molecule has 1 saturated carbocycles. The van der Waals surface area contributed by atoms with Gasteiger partial charge in [0.2, 0.25) is 0 Å². The van der Waals surface area contributed by atoms with Gasteiger partial charge in [0, 0.05) is 23.0 Å². The maximum absolute atomic E-state index is 13.2. The summed E-state index contributed by atoms with van der Waals surface area (Å²) >= 11 is 4.01. The molecule has 1 aromatic carbocycles. The van der Waals surface area contributed by atoms with Crippen molar-refractivity contribution in [1.29, 1.82) is 0 Å². The van der Waals surface area contributed by atoms with Crippen LogP contribution in [-0.2, 0) is 0 Å². The molecule has 1 aliphatic carbocycles. The number of hydrogen-bond donors (Lipinski definition) is 2. The Kier molecular flexibility index (Phi) is 5.43. The largest absolute Gasteiger partial charge is 0.395 e. The van der Waals surface area contributed by atoms with E-state index in [1.165, 1.54) is 24.6 Å². The van der Waals surface area contributed by atoms with Crippen molar-refractivity contribution < 1.29 is 14.3 Å². The van der Waals surface area contributed by atoms with E-state index in [4.69, 9.17) is 0 Å². The summed E-state index contributed by atoms with van der Waals surface area (Å²) in [6.45, 7) is 0.264. The van der Waals surface area contributed by atoms with E-state index in [-0.39, 0.29) is 23.5 Å². The number of carbonyl (C=O) groups is 1. The maximum atomic E-state index is 13.2. The van der Waals surface area contributed by atoms with E-state index in [1.54, 1.807) is 4.90 Å². The molecule has 0 aliphatic heterocycles. The number of rotatable bonds is 4. The number of thiol groups is 1. The molecule has 20 heavy (non-hydrogen) atoms. The van der Waals surface area contributed by atoms with Crippen molar-refractivity contribution in [3.63, 3.8) is 0 Å². The number of carbonyl (C=O) groups excluding carboxylic acids is 1. The molecule has 1 amide bonds. The van der Waals surface area contributed by atoms with Crippen LogP contribution in [0.15, 0.2) is 23.1 Å². The van der Waals surface area contributed by atoms with Crippen molar-refractivity contribution >= 4 is 18.5 Å². The molecule has 1 fully saturated rings. The smallest absolute Gasteiger partial charge is 0.254 e. The Morgan fingerprint density at radius 3 is 2.65 bits per heavy atom. The predicted octanol–water partition coefficient (Wildman–Crippen LogP) is 2.88. The Labute approximate surface area is 124 Å². The molecule has 1 N–H and O–H groups in total. The van der Waals surface area contributed by atoms with Crippen LogP contribution >= 0.6 is 12.6 Å². The molecule has 0 saturated heterocycles. The van der Waals surface area contributed by atoms with Crippen molar-refractivity contribution in [1.82, 2.24) is 4.90 Å². The zero-order chi connectivity index (χ0) is 14.5. The van der Waals surface area contributed by atoms with Gasteiger partial charge in [0.25, 0.3) is 5.91 Å². The normalized spacial score (nSPS) is 16.1. The second-order valence-corrected chi connectivity index (χ2v) is 5.66.